The lowest BCUT2D eigenvalue weighted by atomic mass is 10.1. The highest BCUT2D eigenvalue weighted by atomic mass is 19.1. The van der Waals surface area contributed by atoms with Crippen LogP contribution in [0.25, 0.3) is 10.9 Å². The SMILES string of the molecule is Fc1c(CCN2CCNCC2)ccc2[nH]ccc12. The van der Waals surface area contributed by atoms with E-state index in [1.807, 2.05) is 12.1 Å². The van der Waals surface area contributed by atoms with Gasteiger partial charge >= 0.3 is 0 Å². The lowest BCUT2D eigenvalue weighted by Crippen LogP contribution is -2.44. The van der Waals surface area contributed by atoms with E-state index in [0.717, 1.165) is 50.2 Å². The average Bonchev–Trinajstić information content (AvgIpc) is 2.88. The van der Waals surface area contributed by atoms with Crippen molar-refractivity contribution in [3.63, 3.8) is 0 Å². The van der Waals surface area contributed by atoms with Crippen molar-refractivity contribution in [2.24, 2.45) is 0 Å². The van der Waals surface area contributed by atoms with E-state index >= 15 is 0 Å². The van der Waals surface area contributed by atoms with Gasteiger partial charge in [0, 0.05) is 49.8 Å². The van der Waals surface area contributed by atoms with Gasteiger partial charge in [-0.05, 0) is 24.1 Å². The Morgan fingerprint density at radius 1 is 1.17 bits per heavy atom. The molecule has 2 heterocycles. The molecule has 1 aliphatic rings. The summed E-state index contributed by atoms with van der Waals surface area (Å²) in [5.74, 6) is -0.0658. The molecule has 2 aromatic rings. The number of halogens is 1. The summed E-state index contributed by atoms with van der Waals surface area (Å²) in [6.07, 6.45) is 2.57. The Hall–Kier alpha value is -1.39. The molecule has 1 aromatic carbocycles. The summed E-state index contributed by atoms with van der Waals surface area (Å²) in [4.78, 5) is 5.42. The van der Waals surface area contributed by atoms with Crippen molar-refractivity contribution in [2.75, 3.05) is 32.7 Å². The third-order valence-corrected chi connectivity index (χ3v) is 3.66. The van der Waals surface area contributed by atoms with Crippen molar-refractivity contribution < 1.29 is 4.39 Å². The van der Waals surface area contributed by atoms with E-state index in [4.69, 9.17) is 0 Å². The maximum Gasteiger partial charge on any atom is 0.135 e. The van der Waals surface area contributed by atoms with E-state index in [9.17, 15) is 4.39 Å². The number of nitrogens with zero attached hydrogens (tertiary/aromatic N) is 1. The third kappa shape index (κ3) is 2.26. The first-order valence-electron chi connectivity index (χ1n) is 6.52. The van der Waals surface area contributed by atoms with Crippen LogP contribution in [-0.2, 0) is 6.42 Å². The second-order valence-electron chi connectivity index (χ2n) is 4.82. The van der Waals surface area contributed by atoms with Gasteiger partial charge in [-0.3, -0.25) is 0 Å². The number of benzene rings is 1. The zero-order chi connectivity index (χ0) is 12.4. The van der Waals surface area contributed by atoms with Crippen molar-refractivity contribution in [1.29, 1.82) is 0 Å². The van der Waals surface area contributed by atoms with Crippen LogP contribution in [0.2, 0.25) is 0 Å². The number of hydrogen-bond acceptors (Lipinski definition) is 2. The fourth-order valence-corrected chi connectivity index (χ4v) is 2.55. The van der Waals surface area contributed by atoms with Gasteiger partial charge in [0.1, 0.15) is 5.82 Å². The Balaban J connectivity index is 1.71. The molecule has 0 spiro atoms. The van der Waals surface area contributed by atoms with Crippen molar-refractivity contribution in [2.45, 2.75) is 6.42 Å². The van der Waals surface area contributed by atoms with Gasteiger partial charge in [0.25, 0.3) is 0 Å². The van der Waals surface area contributed by atoms with Gasteiger partial charge in [-0.1, -0.05) is 6.07 Å². The predicted octanol–water partition coefficient (Wildman–Crippen LogP) is 1.75. The number of nitrogens with one attached hydrogen (secondary N) is 2. The van der Waals surface area contributed by atoms with E-state index in [-0.39, 0.29) is 5.82 Å². The van der Waals surface area contributed by atoms with E-state index in [0.29, 0.717) is 5.39 Å². The van der Waals surface area contributed by atoms with Crippen LogP contribution in [0.3, 0.4) is 0 Å². The summed E-state index contributed by atoms with van der Waals surface area (Å²) in [5, 5.41) is 4.03. The van der Waals surface area contributed by atoms with Crippen molar-refractivity contribution in [1.82, 2.24) is 15.2 Å². The largest absolute Gasteiger partial charge is 0.361 e. The number of rotatable bonds is 3. The maximum atomic E-state index is 14.2. The van der Waals surface area contributed by atoms with Crippen LogP contribution in [0.15, 0.2) is 24.4 Å². The van der Waals surface area contributed by atoms with Gasteiger partial charge in [0.2, 0.25) is 0 Å². The number of aromatic amines is 1. The highest BCUT2D eigenvalue weighted by molar-refractivity contribution is 5.80. The Bertz CT molecular complexity index is 529. The molecular formula is C14H18FN3. The molecule has 0 saturated carbocycles. The zero-order valence-corrected chi connectivity index (χ0v) is 10.4. The van der Waals surface area contributed by atoms with E-state index in [1.165, 1.54) is 0 Å². The minimum absolute atomic E-state index is 0.0658. The van der Waals surface area contributed by atoms with Gasteiger partial charge in [0.15, 0.2) is 0 Å². The van der Waals surface area contributed by atoms with Crippen molar-refractivity contribution in [3.05, 3.63) is 35.8 Å². The van der Waals surface area contributed by atoms with E-state index < -0.39 is 0 Å². The molecule has 2 N–H and O–H groups in total. The maximum absolute atomic E-state index is 14.2. The minimum Gasteiger partial charge on any atom is -0.361 e. The number of fused-ring (bicyclic) bond motifs is 1. The van der Waals surface area contributed by atoms with Crippen LogP contribution >= 0.6 is 0 Å². The van der Waals surface area contributed by atoms with Gasteiger partial charge < -0.3 is 15.2 Å². The van der Waals surface area contributed by atoms with Gasteiger partial charge in [-0.2, -0.15) is 0 Å². The second-order valence-corrected chi connectivity index (χ2v) is 4.82. The average molecular weight is 247 g/mol. The molecule has 3 rings (SSSR count). The molecule has 1 aliphatic heterocycles. The summed E-state index contributed by atoms with van der Waals surface area (Å²) in [5.41, 5.74) is 1.69. The summed E-state index contributed by atoms with van der Waals surface area (Å²) < 4.78 is 14.2. The minimum atomic E-state index is -0.0658. The Labute approximate surface area is 106 Å². The second kappa shape index (κ2) is 5.08. The number of hydrogen-bond donors (Lipinski definition) is 2. The highest BCUT2D eigenvalue weighted by Crippen LogP contribution is 2.20. The van der Waals surface area contributed by atoms with Crippen molar-refractivity contribution >= 4 is 10.9 Å². The first kappa shape index (κ1) is 11.7. The molecule has 0 bridgehead atoms. The monoisotopic (exact) mass is 247 g/mol. The van der Waals surface area contributed by atoms with Crippen LogP contribution < -0.4 is 5.32 Å². The van der Waals surface area contributed by atoms with E-state index in [1.54, 1.807) is 12.3 Å². The first-order chi connectivity index (χ1) is 8.84. The summed E-state index contributed by atoms with van der Waals surface area (Å²) >= 11 is 0. The fourth-order valence-electron chi connectivity index (χ4n) is 2.55. The van der Waals surface area contributed by atoms with Crippen molar-refractivity contribution in [3.8, 4) is 0 Å². The van der Waals surface area contributed by atoms with Crippen LogP contribution in [0.1, 0.15) is 5.56 Å². The molecule has 4 heteroatoms. The predicted molar refractivity (Wildman–Crippen MR) is 71.3 cm³/mol. The quantitative estimate of drug-likeness (QED) is 0.866. The number of H-pyrrole nitrogens is 1. The van der Waals surface area contributed by atoms with Gasteiger partial charge in [-0.25, -0.2) is 4.39 Å². The Morgan fingerprint density at radius 2 is 2.00 bits per heavy atom. The van der Waals surface area contributed by atoms with Crippen LogP contribution in [-0.4, -0.2) is 42.6 Å². The summed E-state index contributed by atoms with van der Waals surface area (Å²) in [6.45, 7) is 5.15. The van der Waals surface area contributed by atoms with Crippen LogP contribution in [0, 0.1) is 5.82 Å². The lowest BCUT2D eigenvalue weighted by Gasteiger charge is -2.27. The molecule has 0 aliphatic carbocycles. The standard InChI is InChI=1S/C14H18FN3/c15-14-11(1-2-13-12(14)3-5-17-13)4-8-18-9-6-16-7-10-18/h1-3,5,16-17H,4,6-10H2. The van der Waals surface area contributed by atoms with Gasteiger partial charge in [0.05, 0.1) is 0 Å². The number of aromatic nitrogens is 1. The molecule has 0 atom stereocenters. The molecule has 3 nitrogen and oxygen atoms in total. The Kier molecular flexibility index (Phi) is 3.30. The molecule has 96 valence electrons. The molecule has 1 aromatic heterocycles. The first-order valence-corrected chi connectivity index (χ1v) is 6.52. The van der Waals surface area contributed by atoms with E-state index in [2.05, 4.69) is 15.2 Å². The fraction of sp³-hybridized carbons (Fsp3) is 0.429. The van der Waals surface area contributed by atoms with Crippen LogP contribution in [0.5, 0.6) is 0 Å². The summed E-state index contributed by atoms with van der Waals surface area (Å²) in [7, 11) is 0. The lowest BCUT2D eigenvalue weighted by molar-refractivity contribution is 0.243. The topological polar surface area (TPSA) is 31.1 Å². The molecule has 18 heavy (non-hydrogen) atoms. The summed E-state index contributed by atoms with van der Waals surface area (Å²) in [6, 6.07) is 5.67. The van der Waals surface area contributed by atoms with Crippen LogP contribution in [0.4, 0.5) is 4.39 Å². The number of piperazine rings is 1. The molecule has 0 unspecified atom stereocenters. The zero-order valence-electron chi connectivity index (χ0n) is 10.4. The normalized spacial score (nSPS) is 17.4. The molecule has 1 saturated heterocycles. The Morgan fingerprint density at radius 3 is 2.83 bits per heavy atom. The smallest absolute Gasteiger partial charge is 0.135 e. The molecular weight excluding hydrogens is 229 g/mol. The third-order valence-electron chi connectivity index (χ3n) is 3.66. The molecule has 0 amide bonds. The highest BCUT2D eigenvalue weighted by Gasteiger charge is 2.12. The molecule has 0 radical (unpaired) electrons. The van der Waals surface area contributed by atoms with Gasteiger partial charge in [-0.15, -0.1) is 0 Å². The molecule has 1 fully saturated rings.